The Bertz CT molecular complexity index is 391. The topological polar surface area (TPSA) is 12.5 Å². The predicted molar refractivity (Wildman–Crippen MR) is 85.4 cm³/mol. The normalized spacial score (nSPS) is 20.0. The number of piperidine rings is 1. The van der Waals surface area contributed by atoms with Gasteiger partial charge in [0, 0.05) is 6.04 Å². The fourth-order valence-corrected chi connectivity index (χ4v) is 3.01. The van der Waals surface area contributed by atoms with E-state index in [-0.39, 0.29) is 0 Å². The molecule has 2 nitrogen and oxygen atoms in total. The van der Waals surface area contributed by atoms with Gasteiger partial charge in [-0.05, 0) is 57.3 Å². The van der Waals surface area contributed by atoms with Crippen molar-refractivity contribution in [2.24, 2.45) is 0 Å². The maximum atomic E-state index is 5.93. The van der Waals surface area contributed by atoms with E-state index in [1.807, 2.05) is 0 Å². The van der Waals surface area contributed by atoms with Crippen molar-refractivity contribution >= 4 is 0 Å². The maximum absolute atomic E-state index is 5.93. The molecule has 2 heteroatoms. The minimum absolute atomic E-state index is 0.757. The van der Waals surface area contributed by atoms with E-state index >= 15 is 0 Å². The summed E-state index contributed by atoms with van der Waals surface area (Å²) in [4.78, 5) is 2.53. The zero-order valence-electron chi connectivity index (χ0n) is 13.1. The van der Waals surface area contributed by atoms with E-state index in [9.17, 15) is 0 Å². The molecule has 0 radical (unpaired) electrons. The van der Waals surface area contributed by atoms with Crippen molar-refractivity contribution < 1.29 is 4.74 Å². The Balaban J connectivity index is 1.88. The smallest absolute Gasteiger partial charge is 0.122 e. The van der Waals surface area contributed by atoms with Crippen LogP contribution >= 0.6 is 0 Å². The molecule has 0 amide bonds. The summed E-state index contributed by atoms with van der Waals surface area (Å²) in [5.41, 5.74) is 1.38. The summed E-state index contributed by atoms with van der Waals surface area (Å²) in [6.45, 7) is 4.31. The molecular weight excluding hydrogens is 246 g/mol. The second kappa shape index (κ2) is 8.31. The summed E-state index contributed by atoms with van der Waals surface area (Å²) in [5, 5.41) is 0. The lowest BCUT2D eigenvalue weighted by Crippen LogP contribution is -2.36. The van der Waals surface area contributed by atoms with Crippen molar-refractivity contribution in [3.8, 4) is 5.75 Å². The third-order valence-corrected chi connectivity index (χ3v) is 4.40. The Labute approximate surface area is 124 Å². The second-order valence-electron chi connectivity index (χ2n) is 5.98. The van der Waals surface area contributed by atoms with Gasteiger partial charge in [-0.25, -0.2) is 0 Å². The molecule has 1 aromatic rings. The molecule has 0 N–H and O–H groups in total. The molecule has 1 fully saturated rings. The van der Waals surface area contributed by atoms with E-state index in [0.29, 0.717) is 0 Å². The van der Waals surface area contributed by atoms with Gasteiger partial charge in [0.1, 0.15) is 5.75 Å². The van der Waals surface area contributed by atoms with Gasteiger partial charge in [0.05, 0.1) is 6.61 Å². The van der Waals surface area contributed by atoms with Crippen molar-refractivity contribution in [3.63, 3.8) is 0 Å². The van der Waals surface area contributed by atoms with Crippen molar-refractivity contribution in [2.75, 3.05) is 20.2 Å². The molecule has 0 spiro atoms. The number of hydrogen-bond donors (Lipinski definition) is 0. The Morgan fingerprint density at radius 2 is 2.10 bits per heavy atom. The number of likely N-dealkylation sites (tertiary alicyclic amines) is 1. The highest BCUT2D eigenvalue weighted by atomic mass is 16.5. The monoisotopic (exact) mass is 275 g/mol. The van der Waals surface area contributed by atoms with Gasteiger partial charge in [-0.3, -0.25) is 0 Å². The summed E-state index contributed by atoms with van der Waals surface area (Å²) < 4.78 is 5.93. The Hall–Kier alpha value is -1.02. The molecule has 0 saturated carbocycles. The zero-order valence-corrected chi connectivity index (χ0v) is 13.1. The second-order valence-corrected chi connectivity index (χ2v) is 5.98. The molecule has 20 heavy (non-hydrogen) atoms. The molecule has 112 valence electrons. The van der Waals surface area contributed by atoms with Crippen LogP contribution in [0.4, 0.5) is 0 Å². The van der Waals surface area contributed by atoms with Crippen LogP contribution in [0.15, 0.2) is 24.3 Å². The number of ether oxygens (including phenoxy) is 1. The molecule has 1 aliphatic rings. The van der Waals surface area contributed by atoms with Crippen LogP contribution in [0.3, 0.4) is 0 Å². The summed E-state index contributed by atoms with van der Waals surface area (Å²) in [6.07, 6.45) is 8.83. The molecule has 1 atom stereocenters. The molecule has 1 unspecified atom stereocenters. The van der Waals surface area contributed by atoms with Crippen LogP contribution in [0, 0.1) is 0 Å². The first-order valence-electron chi connectivity index (χ1n) is 8.22. The average molecular weight is 275 g/mol. The van der Waals surface area contributed by atoms with Crippen molar-refractivity contribution in [3.05, 3.63) is 29.8 Å². The number of para-hydroxylation sites is 1. The highest BCUT2D eigenvalue weighted by Gasteiger charge is 2.18. The largest absolute Gasteiger partial charge is 0.493 e. The predicted octanol–water partition coefficient (Wildman–Crippen LogP) is 4.28. The van der Waals surface area contributed by atoms with E-state index in [4.69, 9.17) is 4.74 Å². The van der Waals surface area contributed by atoms with Gasteiger partial charge in [-0.15, -0.1) is 0 Å². The Kier molecular flexibility index (Phi) is 6.38. The fraction of sp³-hybridized carbons (Fsp3) is 0.667. The number of unbranched alkanes of at least 4 members (excludes halogenated alkanes) is 1. The molecule has 0 aromatic heterocycles. The lowest BCUT2D eigenvalue weighted by atomic mass is 9.96. The van der Waals surface area contributed by atoms with E-state index < -0.39 is 0 Å². The van der Waals surface area contributed by atoms with Crippen LogP contribution in [-0.4, -0.2) is 31.1 Å². The molecule has 2 rings (SSSR count). The molecule has 1 saturated heterocycles. The molecule has 1 aromatic carbocycles. The standard InChI is InChI=1S/C18H29NO/c1-3-4-15-20-18-11-6-5-9-16(18)12-13-17-10-7-8-14-19(17)2/h5-6,9,11,17H,3-4,7-8,10,12-15H2,1-2H3. The first-order chi connectivity index (χ1) is 9.81. The van der Waals surface area contributed by atoms with Gasteiger partial charge in [-0.1, -0.05) is 38.0 Å². The molecule has 1 aliphatic heterocycles. The van der Waals surface area contributed by atoms with Gasteiger partial charge in [0.25, 0.3) is 0 Å². The summed E-state index contributed by atoms with van der Waals surface area (Å²) in [5.74, 6) is 1.10. The van der Waals surface area contributed by atoms with Crippen LogP contribution in [0.2, 0.25) is 0 Å². The highest BCUT2D eigenvalue weighted by molar-refractivity contribution is 5.33. The van der Waals surface area contributed by atoms with Gasteiger partial charge in [-0.2, -0.15) is 0 Å². The number of rotatable bonds is 7. The van der Waals surface area contributed by atoms with Gasteiger partial charge in [0.2, 0.25) is 0 Å². The number of nitrogens with zero attached hydrogens (tertiary/aromatic N) is 1. The van der Waals surface area contributed by atoms with Gasteiger partial charge in [0.15, 0.2) is 0 Å². The Morgan fingerprint density at radius 1 is 1.25 bits per heavy atom. The molecule has 1 heterocycles. The third-order valence-electron chi connectivity index (χ3n) is 4.40. The summed E-state index contributed by atoms with van der Waals surface area (Å²) in [7, 11) is 2.27. The van der Waals surface area contributed by atoms with Gasteiger partial charge >= 0.3 is 0 Å². The zero-order chi connectivity index (χ0) is 14.2. The van der Waals surface area contributed by atoms with E-state index in [1.165, 1.54) is 44.2 Å². The number of aryl methyl sites for hydroxylation is 1. The van der Waals surface area contributed by atoms with Crippen LogP contribution in [0.5, 0.6) is 5.75 Å². The van der Waals surface area contributed by atoms with Crippen LogP contribution in [0.25, 0.3) is 0 Å². The average Bonchev–Trinajstić information content (AvgIpc) is 2.48. The summed E-state index contributed by atoms with van der Waals surface area (Å²) >= 11 is 0. The molecule has 0 bridgehead atoms. The van der Waals surface area contributed by atoms with E-state index in [2.05, 4.69) is 43.1 Å². The van der Waals surface area contributed by atoms with Crippen molar-refractivity contribution in [1.29, 1.82) is 0 Å². The number of benzene rings is 1. The lowest BCUT2D eigenvalue weighted by molar-refractivity contribution is 0.176. The summed E-state index contributed by atoms with van der Waals surface area (Å²) in [6, 6.07) is 9.32. The lowest BCUT2D eigenvalue weighted by Gasteiger charge is -2.32. The minimum Gasteiger partial charge on any atom is -0.493 e. The third kappa shape index (κ3) is 4.52. The molecular formula is C18H29NO. The van der Waals surface area contributed by atoms with Crippen molar-refractivity contribution in [1.82, 2.24) is 4.90 Å². The van der Waals surface area contributed by atoms with Gasteiger partial charge < -0.3 is 9.64 Å². The number of hydrogen-bond acceptors (Lipinski definition) is 2. The fourth-order valence-electron chi connectivity index (χ4n) is 3.01. The van der Waals surface area contributed by atoms with E-state index in [1.54, 1.807) is 0 Å². The first kappa shape index (κ1) is 15.4. The van der Waals surface area contributed by atoms with Crippen LogP contribution < -0.4 is 4.74 Å². The first-order valence-corrected chi connectivity index (χ1v) is 8.22. The maximum Gasteiger partial charge on any atom is 0.122 e. The van der Waals surface area contributed by atoms with Crippen molar-refractivity contribution in [2.45, 2.75) is 57.9 Å². The molecule has 0 aliphatic carbocycles. The highest BCUT2D eigenvalue weighted by Crippen LogP contribution is 2.24. The van der Waals surface area contributed by atoms with E-state index in [0.717, 1.165) is 31.2 Å². The Morgan fingerprint density at radius 3 is 2.90 bits per heavy atom. The van der Waals surface area contributed by atoms with Crippen LogP contribution in [0.1, 0.15) is 51.0 Å². The van der Waals surface area contributed by atoms with Crippen LogP contribution in [-0.2, 0) is 6.42 Å². The SMILES string of the molecule is CCCCOc1ccccc1CCC1CCCCN1C. The minimum atomic E-state index is 0.757. The quantitative estimate of drug-likeness (QED) is 0.689.